The highest BCUT2D eigenvalue weighted by molar-refractivity contribution is 7.26. The van der Waals surface area contributed by atoms with Gasteiger partial charge in [-0.2, -0.15) is 0 Å². The minimum absolute atomic E-state index is 0.124. The fourth-order valence-electron chi connectivity index (χ4n) is 10.7. The van der Waals surface area contributed by atoms with E-state index in [4.69, 9.17) is 0 Å². The molecule has 1 aliphatic heterocycles. The molecule has 0 N–H and O–H groups in total. The van der Waals surface area contributed by atoms with E-state index in [9.17, 15) is 0 Å². The van der Waals surface area contributed by atoms with Crippen molar-refractivity contribution in [1.82, 2.24) is 0 Å². The van der Waals surface area contributed by atoms with Crippen molar-refractivity contribution >= 4 is 82.7 Å². The second-order valence-corrected chi connectivity index (χ2v) is 19.2. The molecule has 13 rings (SSSR count). The van der Waals surface area contributed by atoms with Gasteiger partial charge in [-0.15, -0.1) is 11.3 Å². The van der Waals surface area contributed by atoms with Gasteiger partial charge in [-0.05, 0) is 136 Å². The summed E-state index contributed by atoms with van der Waals surface area (Å²) in [7, 11) is 0. The van der Waals surface area contributed by atoms with Gasteiger partial charge in [-0.3, -0.25) is 0 Å². The van der Waals surface area contributed by atoms with Gasteiger partial charge >= 0.3 is 0 Å². The Balaban J connectivity index is 0.920. The summed E-state index contributed by atoms with van der Waals surface area (Å²) in [6.07, 6.45) is 0. The summed E-state index contributed by atoms with van der Waals surface area (Å²) in [5, 5.41) is 2.64. The van der Waals surface area contributed by atoms with Crippen molar-refractivity contribution in [2.75, 3.05) is 14.7 Å². The normalized spacial score (nSPS) is 13.3. The molecule has 0 spiro atoms. The quantitative estimate of drug-likeness (QED) is 0.158. The van der Waals surface area contributed by atoms with Crippen LogP contribution in [0.15, 0.2) is 237 Å². The molecular weight excluding hydrogens is 831 g/mol. The summed E-state index contributed by atoms with van der Waals surface area (Å²) >= 11 is 1.88. The molecule has 4 heteroatoms. The number of hydrogen-bond acceptors (Lipinski definition) is 4. The predicted octanol–water partition coefficient (Wildman–Crippen LogP) is 18.4. The van der Waals surface area contributed by atoms with Crippen LogP contribution in [0.25, 0.3) is 53.6 Å². The highest BCUT2D eigenvalue weighted by Crippen LogP contribution is 2.55. The highest BCUT2D eigenvalue weighted by atomic mass is 32.1. The highest BCUT2D eigenvalue weighted by Gasteiger charge is 2.36. The maximum absolute atomic E-state index is 2.42. The van der Waals surface area contributed by atoms with E-state index in [2.05, 4.69) is 265 Å². The molecule has 0 bridgehead atoms. The van der Waals surface area contributed by atoms with Crippen LogP contribution in [-0.4, -0.2) is 0 Å². The van der Waals surface area contributed by atoms with Crippen molar-refractivity contribution in [3.63, 3.8) is 0 Å². The van der Waals surface area contributed by atoms with Gasteiger partial charge in [0, 0.05) is 54.0 Å². The van der Waals surface area contributed by atoms with Gasteiger partial charge in [-0.1, -0.05) is 159 Å². The monoisotopic (exact) mass is 875 g/mol. The molecule has 318 valence electrons. The first kappa shape index (κ1) is 39.2. The van der Waals surface area contributed by atoms with E-state index in [1.807, 2.05) is 11.3 Å². The van der Waals surface area contributed by atoms with Crippen molar-refractivity contribution in [2.45, 2.75) is 19.3 Å². The van der Waals surface area contributed by atoms with Crippen LogP contribution in [0.4, 0.5) is 51.2 Å². The zero-order valence-corrected chi connectivity index (χ0v) is 38.1. The number of para-hydroxylation sites is 4. The molecule has 2 heterocycles. The first-order valence-corrected chi connectivity index (χ1v) is 23.9. The molecule has 11 aromatic rings. The lowest BCUT2D eigenvalue weighted by Crippen LogP contribution is -2.24. The Hall–Kier alpha value is -8.18. The van der Waals surface area contributed by atoms with Gasteiger partial charge in [0.2, 0.25) is 0 Å². The van der Waals surface area contributed by atoms with Gasteiger partial charge in [-0.25, -0.2) is 0 Å². The number of anilines is 9. The molecule has 0 fully saturated rings. The molecule has 0 radical (unpaired) electrons. The Morgan fingerprint density at radius 2 is 0.881 bits per heavy atom. The second kappa shape index (κ2) is 15.5. The Morgan fingerprint density at radius 1 is 0.358 bits per heavy atom. The molecule has 2 aliphatic rings. The number of benzene rings is 10. The van der Waals surface area contributed by atoms with Crippen LogP contribution in [0.5, 0.6) is 0 Å². The lowest BCUT2D eigenvalue weighted by molar-refractivity contribution is 0.660. The summed E-state index contributed by atoms with van der Waals surface area (Å²) in [6, 6.07) is 86.8. The molecule has 1 aromatic heterocycles. The molecule has 0 unspecified atom stereocenters. The van der Waals surface area contributed by atoms with Crippen LogP contribution in [0.1, 0.15) is 25.0 Å². The molecule has 0 saturated carbocycles. The Morgan fingerprint density at radius 3 is 1.60 bits per heavy atom. The molecule has 0 atom stereocenters. The molecule has 1 aliphatic carbocycles. The zero-order chi connectivity index (χ0) is 44.6. The van der Waals surface area contributed by atoms with Gasteiger partial charge in [0.25, 0.3) is 0 Å². The summed E-state index contributed by atoms with van der Waals surface area (Å²) < 4.78 is 2.65. The van der Waals surface area contributed by atoms with Crippen LogP contribution in [0.3, 0.4) is 0 Å². The number of nitrogens with zero attached hydrogens (tertiary/aromatic N) is 3. The van der Waals surface area contributed by atoms with Crippen LogP contribution in [-0.2, 0) is 5.41 Å². The number of fused-ring (bicyclic) bond motifs is 8. The van der Waals surface area contributed by atoms with E-state index in [0.717, 1.165) is 62.3 Å². The molecule has 0 amide bonds. The van der Waals surface area contributed by atoms with E-state index in [1.165, 1.54) is 53.6 Å². The first-order chi connectivity index (χ1) is 33.0. The zero-order valence-electron chi connectivity index (χ0n) is 37.3. The minimum Gasteiger partial charge on any atom is -0.310 e. The molecule has 3 nitrogen and oxygen atoms in total. The average Bonchev–Trinajstić information content (AvgIpc) is 3.88. The molecule has 0 saturated heterocycles. The van der Waals surface area contributed by atoms with E-state index in [1.54, 1.807) is 0 Å². The lowest BCUT2D eigenvalue weighted by atomic mass is 9.82. The second-order valence-electron chi connectivity index (χ2n) is 18.1. The van der Waals surface area contributed by atoms with Crippen LogP contribution in [0.2, 0.25) is 0 Å². The van der Waals surface area contributed by atoms with Crippen LogP contribution >= 0.6 is 11.3 Å². The maximum Gasteiger partial charge on any atom is 0.0709 e. The molecular formula is C63H45N3S. The van der Waals surface area contributed by atoms with Crippen LogP contribution < -0.4 is 14.7 Å². The fraction of sp³-hybridized carbons (Fsp3) is 0.0476. The van der Waals surface area contributed by atoms with Crippen molar-refractivity contribution in [3.8, 4) is 33.4 Å². The van der Waals surface area contributed by atoms with Crippen LogP contribution in [0, 0.1) is 0 Å². The maximum atomic E-state index is 2.42. The van der Waals surface area contributed by atoms with E-state index < -0.39 is 0 Å². The summed E-state index contributed by atoms with van der Waals surface area (Å²) in [5.41, 5.74) is 20.2. The van der Waals surface area contributed by atoms with Crippen molar-refractivity contribution in [1.29, 1.82) is 0 Å². The summed E-state index contributed by atoms with van der Waals surface area (Å²) in [4.78, 5) is 7.22. The summed E-state index contributed by atoms with van der Waals surface area (Å²) in [5.74, 6) is 0. The standard InChI is InChI=1S/C63H45N3S/c1-63(2)55-24-11-9-20-51(55)52-38-37-49(41-56(52)63)64(48-35-30-43(31-36-48)50-22-15-23-54-53-21-10-14-27-61(53)67-62(50)54)47-33-28-42(29-34-47)44-32-39-59-60(40-44)66(46-18-7-4-8-19-46)58-26-13-12-25-57(58)65(59)45-16-5-3-6-17-45/h3-41H,1-2H3. The van der Waals surface area contributed by atoms with Gasteiger partial charge in [0.05, 0.1) is 22.7 Å². The fourth-order valence-corrected chi connectivity index (χ4v) is 12.0. The average molecular weight is 876 g/mol. The third kappa shape index (κ3) is 6.32. The van der Waals surface area contributed by atoms with E-state index in [0.29, 0.717) is 0 Å². The predicted molar refractivity (Wildman–Crippen MR) is 285 cm³/mol. The Kier molecular flexibility index (Phi) is 9.06. The van der Waals surface area contributed by atoms with Gasteiger partial charge < -0.3 is 14.7 Å². The van der Waals surface area contributed by atoms with Gasteiger partial charge in [0.15, 0.2) is 0 Å². The number of rotatable bonds is 7. The van der Waals surface area contributed by atoms with Crippen molar-refractivity contribution in [2.24, 2.45) is 0 Å². The van der Waals surface area contributed by atoms with E-state index >= 15 is 0 Å². The summed E-state index contributed by atoms with van der Waals surface area (Å²) in [6.45, 7) is 4.72. The Bertz CT molecular complexity index is 3670. The van der Waals surface area contributed by atoms with Crippen molar-refractivity contribution in [3.05, 3.63) is 248 Å². The largest absolute Gasteiger partial charge is 0.310 e. The Labute approximate surface area is 395 Å². The lowest BCUT2D eigenvalue weighted by Gasteiger charge is -2.40. The number of hydrogen-bond donors (Lipinski definition) is 0. The molecule has 10 aromatic carbocycles. The molecule has 67 heavy (non-hydrogen) atoms. The smallest absolute Gasteiger partial charge is 0.0709 e. The number of thiophene rings is 1. The third-order valence-electron chi connectivity index (χ3n) is 14.0. The topological polar surface area (TPSA) is 9.72 Å². The van der Waals surface area contributed by atoms with Gasteiger partial charge in [0.1, 0.15) is 0 Å². The third-order valence-corrected chi connectivity index (χ3v) is 15.2. The minimum atomic E-state index is -0.124. The first-order valence-electron chi connectivity index (χ1n) is 23.1. The van der Waals surface area contributed by atoms with E-state index in [-0.39, 0.29) is 5.41 Å². The SMILES string of the molecule is CC1(C)c2ccccc2-c2ccc(N(c3ccc(-c4ccc5c(c4)N(c4ccccc4)c4ccccc4N5c4ccccc4)cc3)c3ccc(-c4cccc5c4sc4ccccc45)cc3)cc21. The van der Waals surface area contributed by atoms with Crippen molar-refractivity contribution < 1.29 is 0 Å².